The SMILES string of the molecule is O=C(Nc1cc(-c2cc3ccccc3s2)cn(C(Cc2ccc(Cl)cc2)C(=O)O)c1=O)c1ccc(C(F)(F)F)cc1. The number of fused-ring (bicyclic) bond motifs is 1. The molecule has 1 atom stereocenters. The van der Waals surface area contributed by atoms with Gasteiger partial charge in [-0.05, 0) is 65.5 Å². The lowest BCUT2D eigenvalue weighted by atomic mass is 10.0. The number of rotatable bonds is 7. The molecule has 0 aliphatic heterocycles. The van der Waals surface area contributed by atoms with Crippen molar-refractivity contribution in [2.75, 3.05) is 5.32 Å². The molecule has 11 heteroatoms. The van der Waals surface area contributed by atoms with E-state index in [1.165, 1.54) is 23.6 Å². The van der Waals surface area contributed by atoms with Gasteiger partial charge in [0, 0.05) is 38.3 Å². The second-order valence-corrected chi connectivity index (χ2v) is 10.7. The first-order valence-corrected chi connectivity index (χ1v) is 13.4. The molecule has 3 aromatic carbocycles. The maximum atomic E-state index is 13.6. The number of alkyl halides is 3. The molecule has 0 spiro atoms. The van der Waals surface area contributed by atoms with Crippen LogP contribution in [-0.2, 0) is 17.4 Å². The van der Waals surface area contributed by atoms with Crippen LogP contribution < -0.4 is 10.9 Å². The number of carbonyl (C=O) groups excluding carboxylic acids is 1. The van der Waals surface area contributed by atoms with Crippen LogP contribution in [-0.4, -0.2) is 21.6 Å². The van der Waals surface area contributed by atoms with Gasteiger partial charge in [0.2, 0.25) is 0 Å². The molecule has 2 N–H and O–H groups in total. The highest BCUT2D eigenvalue weighted by molar-refractivity contribution is 7.22. The van der Waals surface area contributed by atoms with Crippen molar-refractivity contribution in [1.82, 2.24) is 4.57 Å². The molecule has 41 heavy (non-hydrogen) atoms. The van der Waals surface area contributed by atoms with Crippen molar-refractivity contribution < 1.29 is 27.9 Å². The second-order valence-electron chi connectivity index (χ2n) is 9.22. The number of halogens is 4. The number of aliphatic carboxylic acids is 1. The van der Waals surface area contributed by atoms with Crippen molar-refractivity contribution in [2.24, 2.45) is 0 Å². The number of nitrogens with one attached hydrogen (secondary N) is 1. The van der Waals surface area contributed by atoms with E-state index in [1.807, 2.05) is 30.3 Å². The monoisotopic (exact) mass is 596 g/mol. The van der Waals surface area contributed by atoms with Crippen molar-refractivity contribution in [3.8, 4) is 10.4 Å². The largest absolute Gasteiger partial charge is 0.480 e. The molecule has 2 aromatic heterocycles. The highest BCUT2D eigenvalue weighted by atomic mass is 35.5. The Hall–Kier alpha value is -4.41. The van der Waals surface area contributed by atoms with Gasteiger partial charge in [-0.2, -0.15) is 13.2 Å². The zero-order valence-electron chi connectivity index (χ0n) is 21.0. The summed E-state index contributed by atoms with van der Waals surface area (Å²) in [5.41, 5.74) is -0.919. The smallest absolute Gasteiger partial charge is 0.416 e. The first-order chi connectivity index (χ1) is 19.5. The summed E-state index contributed by atoms with van der Waals surface area (Å²) in [6.45, 7) is 0. The van der Waals surface area contributed by atoms with E-state index in [1.54, 1.807) is 24.3 Å². The van der Waals surface area contributed by atoms with Crippen LogP contribution >= 0.6 is 22.9 Å². The molecular formula is C30H20ClF3N2O4S. The number of nitrogens with zero attached hydrogens (tertiary/aromatic N) is 1. The van der Waals surface area contributed by atoms with Gasteiger partial charge in [0.25, 0.3) is 11.5 Å². The van der Waals surface area contributed by atoms with Crippen LogP contribution in [0.2, 0.25) is 5.02 Å². The Labute approximate surface area is 240 Å². The molecular weight excluding hydrogens is 577 g/mol. The van der Waals surface area contributed by atoms with Crippen LogP contribution in [0.1, 0.15) is 27.5 Å². The summed E-state index contributed by atoms with van der Waals surface area (Å²) in [5.74, 6) is -2.09. The fourth-order valence-corrected chi connectivity index (χ4v) is 5.51. The number of benzene rings is 3. The fourth-order valence-electron chi connectivity index (χ4n) is 4.34. The molecule has 0 aliphatic rings. The molecule has 6 nitrogen and oxygen atoms in total. The predicted molar refractivity (Wildman–Crippen MR) is 153 cm³/mol. The predicted octanol–water partition coefficient (Wildman–Crippen LogP) is 7.52. The minimum Gasteiger partial charge on any atom is -0.480 e. The number of hydrogen-bond acceptors (Lipinski definition) is 4. The van der Waals surface area contributed by atoms with E-state index in [9.17, 15) is 32.7 Å². The van der Waals surface area contributed by atoms with Crippen LogP contribution in [0.3, 0.4) is 0 Å². The molecule has 5 aromatic rings. The van der Waals surface area contributed by atoms with Gasteiger partial charge in [-0.1, -0.05) is 41.9 Å². The maximum absolute atomic E-state index is 13.6. The van der Waals surface area contributed by atoms with E-state index in [0.29, 0.717) is 16.1 Å². The van der Waals surface area contributed by atoms with Crippen molar-refractivity contribution in [2.45, 2.75) is 18.6 Å². The third kappa shape index (κ3) is 6.18. The lowest BCUT2D eigenvalue weighted by molar-refractivity contribution is -0.141. The number of anilines is 1. The summed E-state index contributed by atoms with van der Waals surface area (Å²) in [5, 5.41) is 14.0. The lowest BCUT2D eigenvalue weighted by Crippen LogP contribution is -2.33. The number of amides is 1. The van der Waals surface area contributed by atoms with E-state index in [0.717, 1.165) is 43.8 Å². The molecule has 208 valence electrons. The van der Waals surface area contributed by atoms with Gasteiger partial charge < -0.3 is 10.4 Å². The average Bonchev–Trinajstić information content (AvgIpc) is 3.38. The van der Waals surface area contributed by atoms with E-state index < -0.39 is 35.2 Å². The molecule has 5 rings (SSSR count). The van der Waals surface area contributed by atoms with Crippen LogP contribution in [0.25, 0.3) is 20.5 Å². The van der Waals surface area contributed by atoms with Crippen LogP contribution in [0.5, 0.6) is 0 Å². The molecule has 2 heterocycles. The van der Waals surface area contributed by atoms with E-state index >= 15 is 0 Å². The molecule has 0 aliphatic carbocycles. The van der Waals surface area contributed by atoms with Gasteiger partial charge in [0.1, 0.15) is 11.7 Å². The minimum absolute atomic E-state index is 0.0471. The van der Waals surface area contributed by atoms with Crippen molar-refractivity contribution >= 4 is 50.6 Å². The number of hydrogen-bond donors (Lipinski definition) is 2. The van der Waals surface area contributed by atoms with Crippen molar-refractivity contribution in [1.29, 1.82) is 0 Å². The highest BCUT2D eigenvalue weighted by Gasteiger charge is 2.30. The first kappa shape index (κ1) is 28.1. The highest BCUT2D eigenvalue weighted by Crippen LogP contribution is 2.35. The lowest BCUT2D eigenvalue weighted by Gasteiger charge is -2.19. The van der Waals surface area contributed by atoms with Gasteiger partial charge in [0.15, 0.2) is 0 Å². The quantitative estimate of drug-likeness (QED) is 0.203. The van der Waals surface area contributed by atoms with E-state index in [-0.39, 0.29) is 17.7 Å². The maximum Gasteiger partial charge on any atom is 0.416 e. The number of thiophene rings is 1. The summed E-state index contributed by atoms with van der Waals surface area (Å²) in [4.78, 5) is 39.7. The van der Waals surface area contributed by atoms with Gasteiger partial charge >= 0.3 is 12.1 Å². The molecule has 0 radical (unpaired) electrons. The van der Waals surface area contributed by atoms with Crippen LogP contribution in [0.15, 0.2) is 95.9 Å². The van der Waals surface area contributed by atoms with Gasteiger partial charge in [-0.15, -0.1) is 11.3 Å². The van der Waals surface area contributed by atoms with Gasteiger partial charge in [-0.3, -0.25) is 14.2 Å². The standard InChI is InChI=1S/C30H20ClF3N2O4S/c31-22-11-5-17(6-12-22)13-24(29(39)40)36-16-20(26-15-19-3-1-2-4-25(19)41-26)14-23(28(36)38)35-27(37)18-7-9-21(10-8-18)30(32,33)34/h1-12,14-16,24H,13H2,(H,35,37)(H,39,40). The first-order valence-electron chi connectivity index (χ1n) is 12.2. The Morgan fingerprint density at radius 2 is 1.66 bits per heavy atom. The topological polar surface area (TPSA) is 88.4 Å². The number of carboxylic acid groups (broad SMARTS) is 1. The number of carbonyl (C=O) groups is 2. The summed E-state index contributed by atoms with van der Waals surface area (Å²) in [6, 6.07) is 19.7. The summed E-state index contributed by atoms with van der Waals surface area (Å²) in [7, 11) is 0. The third-order valence-electron chi connectivity index (χ3n) is 6.44. The fraction of sp³-hybridized carbons (Fsp3) is 0.100. The molecule has 0 bridgehead atoms. The summed E-state index contributed by atoms with van der Waals surface area (Å²) >= 11 is 7.38. The van der Waals surface area contributed by atoms with Crippen LogP contribution in [0.4, 0.5) is 18.9 Å². The molecule has 0 fully saturated rings. The van der Waals surface area contributed by atoms with Gasteiger partial charge in [0.05, 0.1) is 5.56 Å². The van der Waals surface area contributed by atoms with E-state index in [2.05, 4.69) is 5.32 Å². The normalized spacial score (nSPS) is 12.3. The van der Waals surface area contributed by atoms with Crippen LogP contribution in [0, 0.1) is 0 Å². The Bertz CT molecular complexity index is 1780. The molecule has 0 saturated carbocycles. The number of aromatic nitrogens is 1. The summed E-state index contributed by atoms with van der Waals surface area (Å²) in [6.07, 6.45) is -3.18. The van der Waals surface area contributed by atoms with Crippen molar-refractivity contribution in [3.05, 3.63) is 123 Å². The average molecular weight is 597 g/mol. The van der Waals surface area contributed by atoms with Crippen molar-refractivity contribution in [3.63, 3.8) is 0 Å². The number of pyridine rings is 1. The zero-order valence-corrected chi connectivity index (χ0v) is 22.6. The Balaban J connectivity index is 1.58. The van der Waals surface area contributed by atoms with Gasteiger partial charge in [-0.25, -0.2) is 4.79 Å². The van der Waals surface area contributed by atoms with E-state index in [4.69, 9.17) is 11.6 Å². The number of carboxylic acids is 1. The molecule has 0 saturated heterocycles. The Kier molecular flexibility index (Phi) is 7.70. The molecule has 1 amide bonds. The Morgan fingerprint density at radius 1 is 0.976 bits per heavy atom. The second kappa shape index (κ2) is 11.2. The minimum atomic E-state index is -4.57. The molecule has 1 unspecified atom stereocenters. The Morgan fingerprint density at radius 3 is 2.29 bits per heavy atom. The zero-order chi connectivity index (χ0) is 29.3. The third-order valence-corrected chi connectivity index (χ3v) is 7.86. The summed E-state index contributed by atoms with van der Waals surface area (Å²) < 4.78 is 40.9.